The molecule has 0 aliphatic rings. The van der Waals surface area contributed by atoms with E-state index in [4.69, 9.17) is 10.00 Å². The van der Waals surface area contributed by atoms with Crippen LogP contribution in [0.15, 0.2) is 42.5 Å². The summed E-state index contributed by atoms with van der Waals surface area (Å²) in [5.74, 6) is -2.13. The first-order valence-corrected chi connectivity index (χ1v) is 5.71. The number of halogens is 2. The molecule has 0 unspecified atom stereocenters. The number of esters is 1. The molecule has 0 amide bonds. The monoisotopic (exact) mass is 273 g/mol. The molecule has 0 spiro atoms. The average Bonchev–Trinajstić information content (AvgIpc) is 2.44. The standard InChI is InChI=1S/C15H9F2NO2/c16-12-3-1-2-11(6-12)9-20-15(19)13-5-4-10(8-18)7-14(13)17/h1-7H,9H2. The van der Waals surface area contributed by atoms with Gasteiger partial charge in [-0.15, -0.1) is 0 Å². The molecule has 0 aromatic heterocycles. The number of hydrogen-bond donors (Lipinski definition) is 0. The van der Waals surface area contributed by atoms with Gasteiger partial charge < -0.3 is 4.74 Å². The molecular formula is C15H9F2NO2. The number of benzene rings is 2. The zero-order valence-corrected chi connectivity index (χ0v) is 10.3. The lowest BCUT2D eigenvalue weighted by Crippen LogP contribution is -2.08. The van der Waals surface area contributed by atoms with Gasteiger partial charge in [0.15, 0.2) is 0 Å². The fourth-order valence-corrected chi connectivity index (χ4v) is 1.60. The van der Waals surface area contributed by atoms with Gasteiger partial charge in [-0.05, 0) is 35.9 Å². The maximum atomic E-state index is 13.6. The second-order valence-electron chi connectivity index (χ2n) is 4.01. The fraction of sp³-hybridized carbons (Fsp3) is 0.0667. The maximum Gasteiger partial charge on any atom is 0.341 e. The van der Waals surface area contributed by atoms with Gasteiger partial charge in [0.05, 0.1) is 17.2 Å². The summed E-state index contributed by atoms with van der Waals surface area (Å²) in [5.41, 5.74) is 0.317. The van der Waals surface area contributed by atoms with E-state index < -0.39 is 17.6 Å². The summed E-state index contributed by atoms with van der Waals surface area (Å²) in [5, 5.41) is 8.60. The molecule has 0 radical (unpaired) electrons. The Morgan fingerprint density at radius 1 is 1.20 bits per heavy atom. The van der Waals surface area contributed by atoms with Crippen molar-refractivity contribution in [3.63, 3.8) is 0 Å². The summed E-state index contributed by atoms with van der Waals surface area (Å²) in [6, 6.07) is 10.8. The van der Waals surface area contributed by atoms with E-state index in [-0.39, 0.29) is 17.7 Å². The normalized spacial score (nSPS) is 9.85. The highest BCUT2D eigenvalue weighted by Crippen LogP contribution is 2.13. The number of carbonyl (C=O) groups is 1. The third-order valence-electron chi connectivity index (χ3n) is 2.58. The Kier molecular flexibility index (Phi) is 4.06. The second kappa shape index (κ2) is 5.93. The van der Waals surface area contributed by atoms with Crippen molar-refractivity contribution in [3.05, 3.63) is 70.8 Å². The van der Waals surface area contributed by atoms with Gasteiger partial charge in [-0.2, -0.15) is 5.26 Å². The summed E-state index contributed by atoms with van der Waals surface area (Å²) < 4.78 is 31.4. The van der Waals surface area contributed by atoms with Crippen molar-refractivity contribution in [3.8, 4) is 6.07 Å². The number of nitriles is 1. The lowest BCUT2D eigenvalue weighted by Gasteiger charge is -2.06. The topological polar surface area (TPSA) is 50.1 Å². The van der Waals surface area contributed by atoms with E-state index in [1.807, 2.05) is 0 Å². The van der Waals surface area contributed by atoms with Crippen LogP contribution in [0.5, 0.6) is 0 Å². The molecule has 5 heteroatoms. The first kappa shape index (κ1) is 13.7. The van der Waals surface area contributed by atoms with Gasteiger partial charge in [0.2, 0.25) is 0 Å². The van der Waals surface area contributed by atoms with Crippen molar-refractivity contribution >= 4 is 5.97 Å². The minimum Gasteiger partial charge on any atom is -0.457 e. The SMILES string of the molecule is N#Cc1ccc(C(=O)OCc2cccc(F)c2)c(F)c1. The van der Waals surface area contributed by atoms with Gasteiger partial charge in [-0.1, -0.05) is 12.1 Å². The van der Waals surface area contributed by atoms with Gasteiger partial charge >= 0.3 is 5.97 Å². The molecule has 0 saturated carbocycles. The molecule has 20 heavy (non-hydrogen) atoms. The van der Waals surface area contributed by atoms with E-state index in [1.54, 1.807) is 12.1 Å². The van der Waals surface area contributed by atoms with Gasteiger partial charge in [0.1, 0.15) is 18.2 Å². The molecule has 0 N–H and O–H groups in total. The average molecular weight is 273 g/mol. The van der Waals surface area contributed by atoms with Crippen molar-refractivity contribution in [2.45, 2.75) is 6.61 Å². The van der Waals surface area contributed by atoms with Crippen LogP contribution in [0.4, 0.5) is 8.78 Å². The molecule has 3 nitrogen and oxygen atoms in total. The Morgan fingerprint density at radius 3 is 2.65 bits per heavy atom. The van der Waals surface area contributed by atoms with Crippen LogP contribution in [-0.2, 0) is 11.3 Å². The molecule has 0 heterocycles. The first-order valence-electron chi connectivity index (χ1n) is 5.71. The van der Waals surface area contributed by atoms with E-state index >= 15 is 0 Å². The molecule has 2 rings (SSSR count). The molecule has 0 bridgehead atoms. The van der Waals surface area contributed by atoms with Crippen molar-refractivity contribution < 1.29 is 18.3 Å². The highest BCUT2D eigenvalue weighted by atomic mass is 19.1. The van der Waals surface area contributed by atoms with Crippen LogP contribution >= 0.6 is 0 Å². The van der Waals surface area contributed by atoms with Crippen molar-refractivity contribution in [2.24, 2.45) is 0 Å². The third kappa shape index (κ3) is 3.18. The van der Waals surface area contributed by atoms with E-state index in [0.717, 1.165) is 6.07 Å². The number of carbonyl (C=O) groups excluding carboxylic acids is 1. The Balaban J connectivity index is 2.07. The molecule has 0 saturated heterocycles. The zero-order valence-electron chi connectivity index (χ0n) is 10.3. The van der Waals surface area contributed by atoms with Gasteiger partial charge in [0, 0.05) is 0 Å². The van der Waals surface area contributed by atoms with Crippen LogP contribution in [-0.4, -0.2) is 5.97 Å². The lowest BCUT2D eigenvalue weighted by molar-refractivity contribution is 0.0467. The third-order valence-corrected chi connectivity index (χ3v) is 2.58. The summed E-state index contributed by atoms with van der Waals surface area (Å²) >= 11 is 0. The van der Waals surface area contributed by atoms with E-state index in [9.17, 15) is 13.6 Å². The molecule has 0 fully saturated rings. The fourth-order valence-electron chi connectivity index (χ4n) is 1.60. The van der Waals surface area contributed by atoms with Crippen molar-refractivity contribution in [1.82, 2.24) is 0 Å². The summed E-state index contributed by atoms with van der Waals surface area (Å²) in [7, 11) is 0. The minimum atomic E-state index is -0.865. The molecule has 100 valence electrons. The Morgan fingerprint density at radius 2 is 2.00 bits per heavy atom. The van der Waals surface area contributed by atoms with Crippen LogP contribution in [0, 0.1) is 23.0 Å². The van der Waals surface area contributed by atoms with Crippen LogP contribution in [0.3, 0.4) is 0 Å². The number of ether oxygens (including phenoxy) is 1. The summed E-state index contributed by atoms with van der Waals surface area (Å²) in [6.07, 6.45) is 0. The van der Waals surface area contributed by atoms with Crippen LogP contribution in [0.2, 0.25) is 0 Å². The molecule has 0 aliphatic heterocycles. The Hall–Kier alpha value is -2.74. The smallest absolute Gasteiger partial charge is 0.341 e. The molecule has 2 aromatic carbocycles. The molecule has 2 aromatic rings. The number of nitrogens with zero attached hydrogens (tertiary/aromatic N) is 1. The Labute approximate surface area is 114 Å². The first-order chi connectivity index (χ1) is 9.60. The molecular weight excluding hydrogens is 264 g/mol. The maximum absolute atomic E-state index is 13.6. The van der Waals surface area contributed by atoms with Gasteiger partial charge in [-0.25, -0.2) is 13.6 Å². The quantitative estimate of drug-likeness (QED) is 0.807. The summed E-state index contributed by atoms with van der Waals surface area (Å²) in [6.45, 7) is -0.157. The van der Waals surface area contributed by atoms with Crippen LogP contribution in [0.25, 0.3) is 0 Å². The summed E-state index contributed by atoms with van der Waals surface area (Å²) in [4.78, 5) is 11.7. The van der Waals surface area contributed by atoms with Gasteiger partial charge in [-0.3, -0.25) is 0 Å². The minimum absolute atomic E-state index is 0.115. The molecule has 0 aliphatic carbocycles. The molecule has 0 atom stereocenters. The number of hydrogen-bond acceptors (Lipinski definition) is 3. The Bertz CT molecular complexity index is 693. The second-order valence-corrected chi connectivity index (χ2v) is 4.01. The number of rotatable bonds is 3. The van der Waals surface area contributed by atoms with E-state index in [0.29, 0.717) is 5.56 Å². The highest BCUT2D eigenvalue weighted by molar-refractivity contribution is 5.89. The van der Waals surface area contributed by atoms with Crippen molar-refractivity contribution in [2.75, 3.05) is 0 Å². The predicted molar refractivity (Wildman–Crippen MR) is 66.6 cm³/mol. The van der Waals surface area contributed by atoms with E-state index in [1.165, 1.54) is 30.3 Å². The zero-order chi connectivity index (χ0) is 14.5. The largest absolute Gasteiger partial charge is 0.457 e. The van der Waals surface area contributed by atoms with Crippen molar-refractivity contribution in [1.29, 1.82) is 5.26 Å². The van der Waals surface area contributed by atoms with E-state index in [2.05, 4.69) is 0 Å². The van der Waals surface area contributed by atoms with Gasteiger partial charge in [0.25, 0.3) is 0 Å². The van der Waals surface area contributed by atoms with Crippen LogP contribution in [0.1, 0.15) is 21.5 Å². The predicted octanol–water partition coefficient (Wildman–Crippen LogP) is 3.19. The highest BCUT2D eigenvalue weighted by Gasteiger charge is 2.14. The van der Waals surface area contributed by atoms with Crippen LogP contribution < -0.4 is 0 Å². The lowest BCUT2D eigenvalue weighted by atomic mass is 10.1.